The Morgan fingerprint density at radius 1 is 1.32 bits per heavy atom. The average molecular weight is 289 g/mol. The maximum absolute atomic E-state index is 11.8. The summed E-state index contributed by atoms with van der Waals surface area (Å²) in [5.74, 6) is -0.413. The van der Waals surface area contributed by atoms with Gasteiger partial charge in [-0.3, -0.25) is 4.79 Å². The van der Waals surface area contributed by atoms with Gasteiger partial charge in [0.25, 0.3) is 5.91 Å². The van der Waals surface area contributed by atoms with Crippen molar-refractivity contribution in [3.8, 4) is 0 Å². The van der Waals surface area contributed by atoms with Gasteiger partial charge in [0, 0.05) is 14.1 Å². The molecule has 110 valence electrons. The van der Waals surface area contributed by atoms with Crippen LogP contribution in [0, 0.1) is 0 Å². The lowest BCUT2D eigenvalue weighted by molar-refractivity contribution is -0.119. The standard InChI is InChI=1S/C12H23N3O3S/c1-8(13-11(17)18-12(2,3)4)9(16)14-10(19-7)15(5)6/h8H,1-7H3,(H,13,17). The van der Waals surface area contributed by atoms with Crippen LogP contribution in [0.1, 0.15) is 27.7 Å². The second-order valence-corrected chi connectivity index (χ2v) is 5.97. The number of hydrogen-bond acceptors (Lipinski definition) is 4. The highest BCUT2D eigenvalue weighted by Crippen LogP contribution is 2.07. The highest BCUT2D eigenvalue weighted by molar-refractivity contribution is 8.13. The Kier molecular flexibility index (Phi) is 6.89. The number of alkyl carbamates (subject to hydrolysis) is 1. The van der Waals surface area contributed by atoms with Gasteiger partial charge < -0.3 is 15.0 Å². The lowest BCUT2D eigenvalue weighted by Gasteiger charge is -2.21. The summed E-state index contributed by atoms with van der Waals surface area (Å²) in [7, 11) is 3.60. The third-order valence-corrected chi connectivity index (χ3v) is 2.70. The number of hydrogen-bond donors (Lipinski definition) is 1. The molecule has 0 rings (SSSR count). The molecule has 2 amide bonds. The van der Waals surface area contributed by atoms with E-state index in [4.69, 9.17) is 4.74 Å². The van der Waals surface area contributed by atoms with Crippen molar-refractivity contribution in [3.05, 3.63) is 0 Å². The van der Waals surface area contributed by atoms with Gasteiger partial charge in [0.1, 0.15) is 11.6 Å². The van der Waals surface area contributed by atoms with Crippen LogP contribution in [-0.2, 0) is 9.53 Å². The molecule has 0 saturated heterocycles. The Bertz CT molecular complexity index is 362. The Hall–Kier alpha value is -1.24. The number of ether oxygens (including phenoxy) is 1. The van der Waals surface area contributed by atoms with Gasteiger partial charge in [0.2, 0.25) is 0 Å². The first-order valence-electron chi connectivity index (χ1n) is 5.90. The van der Waals surface area contributed by atoms with Crippen molar-refractivity contribution in [1.29, 1.82) is 0 Å². The molecule has 0 bridgehead atoms. The number of carbonyl (C=O) groups is 2. The van der Waals surface area contributed by atoms with Crippen molar-refractivity contribution in [3.63, 3.8) is 0 Å². The first-order valence-corrected chi connectivity index (χ1v) is 7.12. The highest BCUT2D eigenvalue weighted by Gasteiger charge is 2.21. The Morgan fingerprint density at radius 2 is 1.84 bits per heavy atom. The largest absolute Gasteiger partial charge is 0.444 e. The number of nitrogens with one attached hydrogen (secondary N) is 1. The van der Waals surface area contributed by atoms with E-state index in [1.165, 1.54) is 11.8 Å². The maximum atomic E-state index is 11.8. The molecule has 19 heavy (non-hydrogen) atoms. The van der Waals surface area contributed by atoms with E-state index in [1.807, 2.05) is 6.26 Å². The molecule has 0 aromatic heterocycles. The fraction of sp³-hybridized carbons (Fsp3) is 0.750. The normalized spacial score (nSPS) is 13.7. The summed E-state index contributed by atoms with van der Waals surface area (Å²) in [6.45, 7) is 6.85. The van der Waals surface area contributed by atoms with Gasteiger partial charge in [-0.2, -0.15) is 4.99 Å². The third-order valence-electron chi connectivity index (χ3n) is 1.87. The summed E-state index contributed by atoms with van der Waals surface area (Å²) in [4.78, 5) is 29.0. The summed E-state index contributed by atoms with van der Waals surface area (Å²) in [5.41, 5.74) is -0.593. The molecule has 0 aliphatic heterocycles. The van der Waals surface area contributed by atoms with E-state index in [-0.39, 0.29) is 0 Å². The Balaban J connectivity index is 4.55. The first kappa shape index (κ1) is 17.8. The molecule has 0 spiro atoms. The van der Waals surface area contributed by atoms with Crippen LogP contribution in [0.4, 0.5) is 4.79 Å². The van der Waals surface area contributed by atoms with E-state index in [0.29, 0.717) is 5.17 Å². The maximum Gasteiger partial charge on any atom is 0.408 e. The molecule has 0 fully saturated rings. The fourth-order valence-corrected chi connectivity index (χ4v) is 1.61. The quantitative estimate of drug-likeness (QED) is 0.619. The zero-order chi connectivity index (χ0) is 15.2. The van der Waals surface area contributed by atoms with Crippen LogP contribution < -0.4 is 5.32 Å². The predicted octanol–water partition coefficient (Wildman–Crippen LogP) is 1.71. The Morgan fingerprint density at radius 3 is 2.21 bits per heavy atom. The van der Waals surface area contributed by atoms with E-state index < -0.39 is 23.6 Å². The Labute approximate surface area is 119 Å². The van der Waals surface area contributed by atoms with Gasteiger partial charge in [0.15, 0.2) is 5.17 Å². The van der Waals surface area contributed by atoms with Crippen molar-refractivity contribution in [2.45, 2.75) is 39.3 Å². The van der Waals surface area contributed by atoms with Gasteiger partial charge in [-0.25, -0.2) is 4.79 Å². The van der Waals surface area contributed by atoms with Crippen molar-refractivity contribution in [2.24, 2.45) is 4.99 Å². The molecular weight excluding hydrogens is 266 g/mol. The summed E-state index contributed by atoms with van der Waals surface area (Å²) in [6, 6.07) is -0.725. The molecule has 1 atom stereocenters. The molecule has 0 aliphatic carbocycles. The van der Waals surface area contributed by atoms with E-state index in [9.17, 15) is 9.59 Å². The second kappa shape index (κ2) is 7.37. The molecule has 0 aromatic rings. The molecule has 0 aromatic carbocycles. The lowest BCUT2D eigenvalue weighted by atomic mass is 10.2. The monoisotopic (exact) mass is 289 g/mol. The van der Waals surface area contributed by atoms with E-state index in [0.717, 1.165) is 0 Å². The number of carbonyl (C=O) groups excluding carboxylic acids is 2. The molecule has 0 heterocycles. The summed E-state index contributed by atoms with van der Waals surface area (Å²) < 4.78 is 5.07. The minimum absolute atomic E-state index is 0.413. The summed E-state index contributed by atoms with van der Waals surface area (Å²) in [6.07, 6.45) is 1.21. The topological polar surface area (TPSA) is 71.0 Å². The fourth-order valence-electron chi connectivity index (χ4n) is 1.07. The van der Waals surface area contributed by atoms with Gasteiger partial charge in [-0.1, -0.05) is 11.8 Å². The van der Waals surface area contributed by atoms with Crippen LogP contribution in [0.15, 0.2) is 4.99 Å². The van der Waals surface area contributed by atoms with Crippen LogP contribution in [0.25, 0.3) is 0 Å². The molecule has 0 aliphatic rings. The molecule has 1 unspecified atom stereocenters. The van der Waals surface area contributed by atoms with Crippen LogP contribution in [-0.4, -0.2) is 54.1 Å². The average Bonchev–Trinajstić information content (AvgIpc) is 2.21. The number of aliphatic imine (C=N–C) groups is 1. The van der Waals surface area contributed by atoms with Gasteiger partial charge in [0.05, 0.1) is 0 Å². The lowest BCUT2D eigenvalue weighted by Crippen LogP contribution is -2.41. The number of rotatable bonds is 2. The molecule has 7 heteroatoms. The first-order chi connectivity index (χ1) is 8.56. The molecule has 6 nitrogen and oxygen atoms in total. The molecule has 0 radical (unpaired) electrons. The summed E-state index contributed by atoms with van der Waals surface area (Å²) >= 11 is 1.36. The van der Waals surface area contributed by atoms with Crippen molar-refractivity contribution in [1.82, 2.24) is 10.2 Å². The number of thioether (sulfide) groups is 1. The molecular formula is C12H23N3O3S. The van der Waals surface area contributed by atoms with Crippen LogP contribution in [0.5, 0.6) is 0 Å². The second-order valence-electron chi connectivity index (χ2n) is 5.20. The number of amides is 2. The smallest absolute Gasteiger partial charge is 0.408 e. The molecule has 1 N–H and O–H groups in total. The van der Waals surface area contributed by atoms with Crippen LogP contribution >= 0.6 is 11.8 Å². The van der Waals surface area contributed by atoms with Gasteiger partial charge in [-0.15, -0.1) is 0 Å². The minimum Gasteiger partial charge on any atom is -0.444 e. The van der Waals surface area contributed by atoms with Gasteiger partial charge in [-0.05, 0) is 34.0 Å². The van der Waals surface area contributed by atoms with Crippen molar-refractivity contribution < 1.29 is 14.3 Å². The predicted molar refractivity (Wildman–Crippen MR) is 78.5 cm³/mol. The van der Waals surface area contributed by atoms with E-state index in [1.54, 1.807) is 46.7 Å². The SMILES string of the molecule is CSC(=NC(=O)C(C)NC(=O)OC(C)(C)C)N(C)C. The van der Waals surface area contributed by atoms with Crippen molar-refractivity contribution in [2.75, 3.05) is 20.4 Å². The van der Waals surface area contributed by atoms with Gasteiger partial charge >= 0.3 is 6.09 Å². The van der Waals surface area contributed by atoms with Crippen LogP contribution in [0.3, 0.4) is 0 Å². The van der Waals surface area contributed by atoms with E-state index >= 15 is 0 Å². The zero-order valence-corrected chi connectivity index (χ0v) is 13.4. The number of nitrogens with zero attached hydrogens (tertiary/aromatic N) is 2. The zero-order valence-electron chi connectivity index (χ0n) is 12.6. The van der Waals surface area contributed by atoms with Crippen LogP contribution in [0.2, 0.25) is 0 Å². The number of amidine groups is 1. The third kappa shape index (κ3) is 7.71. The van der Waals surface area contributed by atoms with Crippen molar-refractivity contribution >= 4 is 28.9 Å². The minimum atomic E-state index is -0.725. The highest BCUT2D eigenvalue weighted by atomic mass is 32.2. The molecule has 0 saturated carbocycles. The van der Waals surface area contributed by atoms with E-state index in [2.05, 4.69) is 10.3 Å². The summed E-state index contributed by atoms with van der Waals surface area (Å²) in [5, 5.41) is 3.04.